The lowest BCUT2D eigenvalue weighted by Gasteiger charge is -2.28. The van der Waals surface area contributed by atoms with Crippen molar-refractivity contribution in [1.82, 2.24) is 4.90 Å². The molecular formula is C11H21N3O2. The van der Waals surface area contributed by atoms with Gasteiger partial charge in [0.25, 0.3) is 0 Å². The number of hydrogen-bond donors (Lipinski definition) is 1. The SMILES string of the molecule is C[C@@]1(CN=C(N)N2CCOCC2)CCCO1. The summed E-state index contributed by atoms with van der Waals surface area (Å²) in [6, 6.07) is 0. The van der Waals surface area contributed by atoms with Gasteiger partial charge < -0.3 is 20.1 Å². The fraction of sp³-hybridized carbons (Fsp3) is 0.909. The Labute approximate surface area is 96.6 Å². The smallest absolute Gasteiger partial charge is 0.191 e. The summed E-state index contributed by atoms with van der Waals surface area (Å²) in [6.45, 7) is 6.78. The second kappa shape index (κ2) is 5.01. The van der Waals surface area contributed by atoms with Crippen molar-refractivity contribution in [2.75, 3.05) is 39.5 Å². The second-order valence-corrected chi connectivity index (χ2v) is 4.68. The van der Waals surface area contributed by atoms with Gasteiger partial charge in [-0.15, -0.1) is 0 Å². The van der Waals surface area contributed by atoms with E-state index in [1.54, 1.807) is 0 Å². The van der Waals surface area contributed by atoms with Crippen LogP contribution >= 0.6 is 0 Å². The average molecular weight is 227 g/mol. The minimum absolute atomic E-state index is 0.100. The maximum absolute atomic E-state index is 5.95. The van der Waals surface area contributed by atoms with Crippen molar-refractivity contribution in [2.24, 2.45) is 10.7 Å². The van der Waals surface area contributed by atoms with Crippen LogP contribution in [0, 0.1) is 0 Å². The van der Waals surface area contributed by atoms with Crippen LogP contribution in [0.15, 0.2) is 4.99 Å². The Morgan fingerprint density at radius 2 is 2.12 bits per heavy atom. The van der Waals surface area contributed by atoms with Gasteiger partial charge in [0.2, 0.25) is 0 Å². The quantitative estimate of drug-likeness (QED) is 0.541. The van der Waals surface area contributed by atoms with Crippen LogP contribution in [0.5, 0.6) is 0 Å². The highest BCUT2D eigenvalue weighted by atomic mass is 16.5. The first-order chi connectivity index (χ1) is 7.70. The molecule has 2 saturated heterocycles. The first-order valence-corrected chi connectivity index (χ1v) is 5.96. The number of guanidine groups is 1. The van der Waals surface area contributed by atoms with Crippen molar-refractivity contribution < 1.29 is 9.47 Å². The van der Waals surface area contributed by atoms with Gasteiger partial charge in [0, 0.05) is 19.7 Å². The molecule has 92 valence electrons. The van der Waals surface area contributed by atoms with Crippen molar-refractivity contribution >= 4 is 5.96 Å². The van der Waals surface area contributed by atoms with E-state index >= 15 is 0 Å². The third kappa shape index (κ3) is 2.86. The van der Waals surface area contributed by atoms with Crippen LogP contribution in [0.4, 0.5) is 0 Å². The van der Waals surface area contributed by atoms with Gasteiger partial charge in [-0.25, -0.2) is 0 Å². The minimum atomic E-state index is -0.100. The van der Waals surface area contributed by atoms with Crippen LogP contribution in [-0.4, -0.2) is 55.9 Å². The Kier molecular flexibility index (Phi) is 3.66. The summed E-state index contributed by atoms with van der Waals surface area (Å²) in [6.07, 6.45) is 2.20. The maximum atomic E-state index is 5.95. The summed E-state index contributed by atoms with van der Waals surface area (Å²) in [5.74, 6) is 0.625. The van der Waals surface area contributed by atoms with E-state index in [-0.39, 0.29) is 5.60 Å². The summed E-state index contributed by atoms with van der Waals surface area (Å²) in [5, 5.41) is 0. The van der Waals surface area contributed by atoms with E-state index in [1.807, 2.05) is 0 Å². The zero-order valence-corrected chi connectivity index (χ0v) is 9.95. The monoisotopic (exact) mass is 227 g/mol. The lowest BCUT2D eigenvalue weighted by molar-refractivity contribution is 0.0278. The van der Waals surface area contributed by atoms with Crippen molar-refractivity contribution in [3.05, 3.63) is 0 Å². The lowest BCUT2D eigenvalue weighted by Crippen LogP contribution is -2.45. The van der Waals surface area contributed by atoms with E-state index in [1.165, 1.54) is 0 Å². The first-order valence-electron chi connectivity index (χ1n) is 5.96. The van der Waals surface area contributed by atoms with Crippen molar-refractivity contribution in [3.63, 3.8) is 0 Å². The molecule has 2 N–H and O–H groups in total. The van der Waals surface area contributed by atoms with Gasteiger partial charge in [-0.1, -0.05) is 0 Å². The van der Waals surface area contributed by atoms with Gasteiger partial charge in [0.15, 0.2) is 5.96 Å². The zero-order chi connectivity index (χ0) is 11.4. The molecule has 0 spiro atoms. The van der Waals surface area contributed by atoms with Gasteiger partial charge in [0.05, 0.1) is 25.4 Å². The normalized spacial score (nSPS) is 32.1. The second-order valence-electron chi connectivity index (χ2n) is 4.68. The van der Waals surface area contributed by atoms with Crippen molar-refractivity contribution in [2.45, 2.75) is 25.4 Å². The summed E-state index contributed by atoms with van der Waals surface area (Å²) in [4.78, 5) is 6.51. The lowest BCUT2D eigenvalue weighted by atomic mass is 10.0. The van der Waals surface area contributed by atoms with E-state index in [0.29, 0.717) is 12.5 Å². The number of morpholine rings is 1. The van der Waals surface area contributed by atoms with Crippen LogP contribution in [0.25, 0.3) is 0 Å². The Bertz CT molecular complexity index is 256. The molecule has 0 aromatic carbocycles. The molecule has 2 aliphatic rings. The fourth-order valence-corrected chi connectivity index (χ4v) is 2.10. The Morgan fingerprint density at radius 3 is 2.75 bits per heavy atom. The molecule has 2 heterocycles. The number of aliphatic imine (C=N–C) groups is 1. The molecule has 5 heteroatoms. The van der Waals surface area contributed by atoms with E-state index in [9.17, 15) is 0 Å². The maximum Gasteiger partial charge on any atom is 0.191 e. The Morgan fingerprint density at radius 1 is 1.38 bits per heavy atom. The molecule has 5 nitrogen and oxygen atoms in total. The molecule has 2 fully saturated rings. The standard InChI is InChI=1S/C11H21N3O2/c1-11(3-2-6-16-11)9-13-10(12)14-4-7-15-8-5-14/h2-9H2,1H3,(H2,12,13)/t11-/m0/s1. The van der Waals surface area contributed by atoms with Gasteiger partial charge >= 0.3 is 0 Å². The molecule has 0 amide bonds. The molecule has 0 aromatic rings. The first kappa shape index (κ1) is 11.7. The molecule has 0 unspecified atom stereocenters. The number of nitrogens with two attached hydrogens (primary N) is 1. The topological polar surface area (TPSA) is 60.1 Å². The van der Waals surface area contributed by atoms with Gasteiger partial charge in [-0.3, -0.25) is 4.99 Å². The fourth-order valence-electron chi connectivity index (χ4n) is 2.10. The van der Waals surface area contributed by atoms with Crippen LogP contribution in [-0.2, 0) is 9.47 Å². The van der Waals surface area contributed by atoms with E-state index < -0.39 is 0 Å². The van der Waals surface area contributed by atoms with E-state index in [0.717, 1.165) is 45.8 Å². The third-order valence-electron chi connectivity index (χ3n) is 3.21. The van der Waals surface area contributed by atoms with Gasteiger partial charge in [-0.2, -0.15) is 0 Å². The summed E-state index contributed by atoms with van der Waals surface area (Å²) >= 11 is 0. The molecular weight excluding hydrogens is 206 g/mol. The molecule has 0 aliphatic carbocycles. The molecule has 1 atom stereocenters. The number of hydrogen-bond acceptors (Lipinski definition) is 3. The summed E-state index contributed by atoms with van der Waals surface area (Å²) in [5.41, 5.74) is 5.85. The van der Waals surface area contributed by atoms with Gasteiger partial charge in [0.1, 0.15) is 0 Å². The zero-order valence-electron chi connectivity index (χ0n) is 9.95. The number of ether oxygens (including phenoxy) is 2. The highest BCUT2D eigenvalue weighted by Crippen LogP contribution is 2.25. The van der Waals surface area contributed by atoms with E-state index in [2.05, 4.69) is 16.8 Å². The molecule has 2 rings (SSSR count). The highest BCUT2D eigenvalue weighted by molar-refractivity contribution is 5.78. The highest BCUT2D eigenvalue weighted by Gasteiger charge is 2.29. The minimum Gasteiger partial charge on any atom is -0.378 e. The van der Waals surface area contributed by atoms with E-state index in [4.69, 9.17) is 15.2 Å². The van der Waals surface area contributed by atoms with Crippen LogP contribution in [0.1, 0.15) is 19.8 Å². The molecule has 0 radical (unpaired) electrons. The number of nitrogens with zero attached hydrogens (tertiary/aromatic N) is 2. The molecule has 0 saturated carbocycles. The Balaban J connectivity index is 1.85. The van der Waals surface area contributed by atoms with Crippen LogP contribution < -0.4 is 5.73 Å². The average Bonchev–Trinajstić information content (AvgIpc) is 2.75. The van der Waals surface area contributed by atoms with Crippen LogP contribution in [0.3, 0.4) is 0 Å². The number of rotatable bonds is 2. The Hall–Kier alpha value is -0.810. The molecule has 2 aliphatic heterocycles. The summed E-state index contributed by atoms with van der Waals surface area (Å²) in [7, 11) is 0. The molecule has 0 aromatic heterocycles. The summed E-state index contributed by atoms with van der Waals surface area (Å²) < 4.78 is 10.9. The van der Waals surface area contributed by atoms with Crippen LogP contribution in [0.2, 0.25) is 0 Å². The van der Waals surface area contributed by atoms with Crippen molar-refractivity contribution in [3.8, 4) is 0 Å². The third-order valence-corrected chi connectivity index (χ3v) is 3.21. The predicted octanol–water partition coefficient (Wildman–Crippen LogP) is 0.202. The molecule has 0 bridgehead atoms. The van der Waals surface area contributed by atoms with Crippen molar-refractivity contribution in [1.29, 1.82) is 0 Å². The molecule has 16 heavy (non-hydrogen) atoms. The predicted molar refractivity (Wildman–Crippen MR) is 62.5 cm³/mol. The van der Waals surface area contributed by atoms with Gasteiger partial charge in [-0.05, 0) is 19.8 Å². The largest absolute Gasteiger partial charge is 0.378 e.